The second-order valence-electron chi connectivity index (χ2n) is 7.68. The van der Waals surface area contributed by atoms with E-state index in [1.165, 1.54) is 57.8 Å². The van der Waals surface area contributed by atoms with Crippen molar-refractivity contribution in [3.63, 3.8) is 0 Å². The average molecular weight is 454 g/mol. The number of nitrogens with two attached hydrogens (primary N) is 1. The van der Waals surface area contributed by atoms with Gasteiger partial charge in [0.05, 0.1) is 5.56 Å². The van der Waals surface area contributed by atoms with Crippen LogP contribution in [0.5, 0.6) is 0 Å². The molecule has 0 aliphatic heterocycles. The number of allylic oxidation sites excluding steroid dienone is 2. The number of para-hydroxylation sites is 1. The summed E-state index contributed by atoms with van der Waals surface area (Å²) in [5.41, 5.74) is 6.28. The number of anilines is 1. The van der Waals surface area contributed by atoms with Gasteiger partial charge in [-0.25, -0.2) is 4.79 Å². The molecule has 0 bridgehead atoms. The van der Waals surface area contributed by atoms with Crippen LogP contribution in [0.25, 0.3) is 0 Å². The number of nitrogen functional groups attached to an aromatic ring is 1. The predicted molar refractivity (Wildman–Crippen MR) is 121 cm³/mol. The fourth-order valence-corrected chi connectivity index (χ4v) is 3.23. The van der Waals surface area contributed by atoms with Gasteiger partial charge in [0, 0.05) is 29.5 Å². The summed E-state index contributed by atoms with van der Waals surface area (Å²) in [5.74, 6) is -1.14. The first-order valence-electron chi connectivity index (χ1n) is 11.4. The predicted octanol–water partition coefficient (Wildman–Crippen LogP) is 6.99. The molecule has 0 aliphatic carbocycles. The van der Waals surface area contributed by atoms with Gasteiger partial charge in [0.1, 0.15) is 0 Å². The molecule has 0 atom stereocenters. The van der Waals surface area contributed by atoms with Gasteiger partial charge in [-0.2, -0.15) is 0 Å². The van der Waals surface area contributed by atoms with Gasteiger partial charge in [-0.15, -0.1) is 0 Å². The second kappa shape index (κ2) is 19.4. The number of hydrogen-bond acceptors (Lipinski definition) is 4. The summed E-state index contributed by atoms with van der Waals surface area (Å²) in [5, 5.41) is 0. The van der Waals surface area contributed by atoms with Gasteiger partial charge >= 0.3 is 11.9 Å². The Kier molecular flexibility index (Phi) is 18.4. The number of rotatable bonds is 16. The van der Waals surface area contributed by atoms with Crippen LogP contribution in [0.2, 0.25) is 0 Å². The van der Waals surface area contributed by atoms with Crippen LogP contribution in [0.15, 0.2) is 36.4 Å². The van der Waals surface area contributed by atoms with E-state index >= 15 is 0 Å². The number of unbranched alkanes of at least 4 members (excludes halogenated alkanes) is 11. The Labute approximate surface area is 193 Å². The van der Waals surface area contributed by atoms with Crippen molar-refractivity contribution in [1.82, 2.24) is 0 Å². The fourth-order valence-electron chi connectivity index (χ4n) is 3.23. The summed E-state index contributed by atoms with van der Waals surface area (Å²) in [6, 6.07) is 6.61. The maximum absolute atomic E-state index is 11.9. The maximum atomic E-state index is 11.9. The molecule has 0 heterocycles. The summed E-state index contributed by atoms with van der Waals surface area (Å²) in [6.07, 6.45) is 20.6. The summed E-state index contributed by atoms with van der Waals surface area (Å²) in [6.45, 7) is 2.25. The molecule has 0 saturated carbocycles. The van der Waals surface area contributed by atoms with Gasteiger partial charge in [-0.1, -0.05) is 82.6 Å². The van der Waals surface area contributed by atoms with Gasteiger partial charge in [0.15, 0.2) is 0 Å². The van der Waals surface area contributed by atoms with Crippen LogP contribution in [0, 0.1) is 0 Å². The molecule has 0 saturated heterocycles. The maximum Gasteiger partial charge on any atom is 0.347 e. The minimum atomic E-state index is -0.666. The zero-order valence-corrected chi connectivity index (χ0v) is 19.8. The van der Waals surface area contributed by atoms with Crippen LogP contribution < -0.4 is 5.73 Å². The zero-order chi connectivity index (χ0) is 21.2. The zero-order valence-electron chi connectivity index (χ0n) is 18.6. The first-order chi connectivity index (χ1) is 14.1. The van der Waals surface area contributed by atoms with Crippen molar-refractivity contribution in [1.29, 1.82) is 0 Å². The van der Waals surface area contributed by atoms with Crippen LogP contribution in [-0.4, -0.2) is 11.9 Å². The third-order valence-electron chi connectivity index (χ3n) is 5.03. The van der Waals surface area contributed by atoms with Crippen LogP contribution in [0.3, 0.4) is 0 Å². The Balaban J connectivity index is 0.00000841. The molecule has 0 aromatic heterocycles. The number of esters is 2. The first kappa shape index (κ1) is 28.4. The molecule has 0 aliphatic rings. The SMILES string of the molecule is CCCCCCCC/C=C\CCCCCCCC(=O)OC(=O)c1ccccc1N.[Cr]. The van der Waals surface area contributed by atoms with E-state index in [2.05, 4.69) is 19.1 Å². The summed E-state index contributed by atoms with van der Waals surface area (Å²) >= 11 is 0. The number of carbonyl (C=O) groups is 2. The van der Waals surface area contributed by atoms with E-state index in [1.54, 1.807) is 24.3 Å². The first-order valence-corrected chi connectivity index (χ1v) is 11.4. The number of hydrogen-bond donors (Lipinski definition) is 1. The molecule has 1 aromatic rings. The van der Waals surface area contributed by atoms with Gasteiger partial charge in [0.25, 0.3) is 0 Å². The van der Waals surface area contributed by atoms with Crippen molar-refractivity contribution in [2.24, 2.45) is 0 Å². The van der Waals surface area contributed by atoms with Crippen molar-refractivity contribution < 1.29 is 31.7 Å². The molecular weight excluding hydrogens is 414 g/mol. The summed E-state index contributed by atoms with van der Waals surface area (Å²) < 4.78 is 4.87. The molecular formula is C25H39CrNO3. The Morgan fingerprint density at radius 3 is 1.97 bits per heavy atom. The van der Waals surface area contributed by atoms with Crippen molar-refractivity contribution in [3.8, 4) is 0 Å². The Morgan fingerprint density at radius 1 is 0.833 bits per heavy atom. The molecule has 0 amide bonds. The van der Waals surface area contributed by atoms with Crippen molar-refractivity contribution in [2.75, 3.05) is 5.73 Å². The van der Waals surface area contributed by atoms with Crippen LogP contribution in [0.1, 0.15) is 107 Å². The molecule has 4 nitrogen and oxygen atoms in total. The number of benzene rings is 1. The fraction of sp³-hybridized carbons (Fsp3) is 0.600. The Morgan fingerprint density at radius 2 is 1.37 bits per heavy atom. The topological polar surface area (TPSA) is 69.4 Å². The van der Waals surface area contributed by atoms with E-state index in [4.69, 9.17) is 10.5 Å². The number of carbonyl (C=O) groups excluding carboxylic acids is 2. The molecule has 2 N–H and O–H groups in total. The average Bonchev–Trinajstić information content (AvgIpc) is 2.71. The van der Waals surface area contributed by atoms with Crippen molar-refractivity contribution in [2.45, 2.75) is 96.8 Å². The standard InChI is InChI=1S/C25H39NO3.Cr/c1-2-3-4-5-6-7-8-9-10-11-12-13-14-15-16-21-24(27)29-25(28)22-19-17-18-20-23(22)26;/h9-10,17-20H,2-8,11-16,21,26H2,1H3;/b10-9-;. The van der Waals surface area contributed by atoms with Gasteiger partial charge in [-0.05, 0) is 44.2 Å². The Hall–Kier alpha value is -1.57. The van der Waals surface area contributed by atoms with E-state index in [0.717, 1.165) is 25.7 Å². The van der Waals surface area contributed by atoms with E-state index in [0.29, 0.717) is 5.69 Å². The molecule has 0 radical (unpaired) electrons. The Bertz CT molecular complexity index is 616. The van der Waals surface area contributed by atoms with E-state index in [1.807, 2.05) is 0 Å². The quantitative estimate of drug-likeness (QED) is 0.0963. The van der Waals surface area contributed by atoms with Gasteiger partial charge in [-0.3, -0.25) is 4.79 Å². The second-order valence-corrected chi connectivity index (χ2v) is 7.68. The molecule has 1 rings (SSSR count). The van der Waals surface area contributed by atoms with Crippen LogP contribution in [0.4, 0.5) is 5.69 Å². The molecule has 1 aromatic carbocycles. The van der Waals surface area contributed by atoms with Gasteiger partial charge in [0.2, 0.25) is 0 Å². The smallest absolute Gasteiger partial charge is 0.347 e. The van der Waals surface area contributed by atoms with E-state index < -0.39 is 11.9 Å². The van der Waals surface area contributed by atoms with Gasteiger partial charge < -0.3 is 10.5 Å². The van der Waals surface area contributed by atoms with Crippen LogP contribution >= 0.6 is 0 Å². The minimum absolute atomic E-state index is 0. The molecule has 0 fully saturated rings. The van der Waals surface area contributed by atoms with Crippen molar-refractivity contribution in [3.05, 3.63) is 42.0 Å². The summed E-state index contributed by atoms with van der Waals surface area (Å²) in [4.78, 5) is 23.7. The molecule has 0 spiro atoms. The van der Waals surface area contributed by atoms with Crippen molar-refractivity contribution >= 4 is 17.6 Å². The monoisotopic (exact) mass is 453 g/mol. The van der Waals surface area contributed by atoms with Crippen LogP contribution in [-0.2, 0) is 26.9 Å². The number of ether oxygens (including phenoxy) is 1. The normalized spacial score (nSPS) is 10.7. The molecule has 0 unspecified atom stereocenters. The largest absolute Gasteiger partial charge is 0.398 e. The third kappa shape index (κ3) is 14.4. The third-order valence-corrected chi connectivity index (χ3v) is 5.03. The summed E-state index contributed by atoms with van der Waals surface area (Å²) in [7, 11) is 0. The van der Waals surface area contributed by atoms with E-state index in [-0.39, 0.29) is 29.3 Å². The molecule has 30 heavy (non-hydrogen) atoms. The molecule has 5 heteroatoms. The molecule has 168 valence electrons. The minimum Gasteiger partial charge on any atom is -0.398 e. The van der Waals surface area contributed by atoms with E-state index in [9.17, 15) is 9.59 Å².